The van der Waals surface area contributed by atoms with Gasteiger partial charge in [-0.05, 0) is 38.3 Å². The molecule has 15 heavy (non-hydrogen) atoms. The lowest BCUT2D eigenvalue weighted by atomic mass is 10.0. The zero-order chi connectivity index (χ0) is 11.4. The highest BCUT2D eigenvalue weighted by Gasteiger charge is 2.04. The molecule has 0 saturated carbocycles. The van der Waals surface area contributed by atoms with E-state index in [0.717, 1.165) is 12.3 Å². The van der Waals surface area contributed by atoms with Crippen LogP contribution in [0.2, 0.25) is 0 Å². The molecule has 1 saturated heterocycles. The molecule has 2 N–H and O–H groups in total. The molecule has 0 aromatic rings. The number of unbranched alkanes of at least 4 members (excludes halogenated alkanes) is 4. The van der Waals surface area contributed by atoms with Crippen molar-refractivity contribution >= 4 is 0 Å². The van der Waals surface area contributed by atoms with Gasteiger partial charge in [-0.25, -0.2) is 0 Å². The number of rotatable bonds is 5. The van der Waals surface area contributed by atoms with Crippen LogP contribution < -0.4 is 5.32 Å². The largest absolute Gasteiger partial charge is 0.396 e. The molecule has 0 unspecified atom stereocenters. The lowest BCUT2D eigenvalue weighted by molar-refractivity contribution is 0.282. The molecule has 0 aromatic heterocycles. The molecule has 0 radical (unpaired) electrons. The lowest BCUT2D eigenvalue weighted by Gasteiger charge is -2.17. The first-order valence-electron chi connectivity index (χ1n) is 6.62. The maximum absolute atomic E-state index is 8.37. The summed E-state index contributed by atoms with van der Waals surface area (Å²) in [6.07, 6.45) is 8.83. The monoisotopic (exact) mass is 215 g/mol. The van der Waals surface area contributed by atoms with Crippen LogP contribution in [0.3, 0.4) is 0 Å². The second-order valence-corrected chi connectivity index (χ2v) is 4.57. The lowest BCUT2D eigenvalue weighted by Crippen LogP contribution is -2.26. The summed E-state index contributed by atoms with van der Waals surface area (Å²) in [5, 5.41) is 11.7. The number of hydrogen-bond acceptors (Lipinski definition) is 2. The van der Waals surface area contributed by atoms with Gasteiger partial charge in [-0.1, -0.05) is 39.5 Å². The van der Waals surface area contributed by atoms with Crippen molar-refractivity contribution in [2.24, 2.45) is 5.92 Å². The Kier molecular flexibility index (Phi) is 11.9. The standard InChI is InChI=1S/C7H16O.C6H13N/c1-2-3-4-5-6-7-8;1-6-2-4-7-5-3-6/h8H,2-7H2,1H3;6-7H,2-5H2,1H3. The molecule has 92 valence electrons. The van der Waals surface area contributed by atoms with Gasteiger partial charge < -0.3 is 10.4 Å². The van der Waals surface area contributed by atoms with Crippen LogP contribution in [0.4, 0.5) is 0 Å². The van der Waals surface area contributed by atoms with Crippen molar-refractivity contribution in [1.29, 1.82) is 0 Å². The molecule has 1 heterocycles. The minimum absolute atomic E-state index is 0.365. The third kappa shape index (κ3) is 11.8. The highest BCUT2D eigenvalue weighted by Crippen LogP contribution is 2.08. The summed E-state index contributed by atoms with van der Waals surface area (Å²) >= 11 is 0. The highest BCUT2D eigenvalue weighted by molar-refractivity contribution is 4.62. The van der Waals surface area contributed by atoms with Crippen LogP contribution in [0.15, 0.2) is 0 Å². The van der Waals surface area contributed by atoms with E-state index < -0.39 is 0 Å². The van der Waals surface area contributed by atoms with Crippen molar-refractivity contribution in [1.82, 2.24) is 5.32 Å². The van der Waals surface area contributed by atoms with Crippen LogP contribution in [0, 0.1) is 5.92 Å². The Morgan fingerprint density at radius 2 is 1.67 bits per heavy atom. The SMILES string of the molecule is CC1CCNCC1.CCCCCCCO. The third-order valence-electron chi connectivity index (χ3n) is 2.89. The smallest absolute Gasteiger partial charge is 0.0431 e. The van der Waals surface area contributed by atoms with Gasteiger partial charge >= 0.3 is 0 Å². The van der Waals surface area contributed by atoms with E-state index in [-0.39, 0.29) is 0 Å². The molecule has 1 rings (SSSR count). The molecule has 2 nitrogen and oxygen atoms in total. The van der Waals surface area contributed by atoms with Crippen LogP contribution in [0.1, 0.15) is 58.8 Å². The molecule has 0 aromatic carbocycles. The fourth-order valence-corrected chi connectivity index (χ4v) is 1.68. The summed E-state index contributed by atoms with van der Waals surface area (Å²) in [5.41, 5.74) is 0. The molecule has 0 atom stereocenters. The molecule has 1 aliphatic heterocycles. The number of nitrogens with one attached hydrogen (secondary N) is 1. The minimum Gasteiger partial charge on any atom is -0.396 e. The van der Waals surface area contributed by atoms with E-state index in [1.54, 1.807) is 0 Å². The maximum atomic E-state index is 8.37. The first-order valence-corrected chi connectivity index (χ1v) is 6.62. The molecular weight excluding hydrogens is 186 g/mol. The van der Waals surface area contributed by atoms with Crippen LogP contribution in [0.25, 0.3) is 0 Å². The molecular formula is C13H29NO. The second-order valence-electron chi connectivity index (χ2n) is 4.57. The Morgan fingerprint density at radius 3 is 2.07 bits per heavy atom. The summed E-state index contributed by atoms with van der Waals surface area (Å²) in [6.45, 7) is 7.35. The average Bonchev–Trinajstić information content (AvgIpc) is 2.27. The van der Waals surface area contributed by atoms with Gasteiger partial charge in [0.05, 0.1) is 0 Å². The van der Waals surface area contributed by atoms with Crippen LogP contribution >= 0.6 is 0 Å². The van der Waals surface area contributed by atoms with Crippen molar-refractivity contribution in [3.8, 4) is 0 Å². The number of piperidine rings is 1. The van der Waals surface area contributed by atoms with E-state index in [1.807, 2.05) is 0 Å². The summed E-state index contributed by atoms with van der Waals surface area (Å²) in [4.78, 5) is 0. The van der Waals surface area contributed by atoms with Crippen molar-refractivity contribution in [3.63, 3.8) is 0 Å². The molecule has 0 spiro atoms. The van der Waals surface area contributed by atoms with Crippen molar-refractivity contribution in [3.05, 3.63) is 0 Å². The van der Waals surface area contributed by atoms with Gasteiger partial charge in [0.2, 0.25) is 0 Å². The number of aliphatic hydroxyl groups excluding tert-OH is 1. The van der Waals surface area contributed by atoms with Gasteiger partial charge in [-0.3, -0.25) is 0 Å². The van der Waals surface area contributed by atoms with Crippen LogP contribution in [0.5, 0.6) is 0 Å². The fourth-order valence-electron chi connectivity index (χ4n) is 1.68. The Morgan fingerprint density at radius 1 is 1.07 bits per heavy atom. The molecule has 1 aliphatic rings. The molecule has 2 heteroatoms. The molecule has 1 fully saturated rings. The van der Waals surface area contributed by atoms with Gasteiger partial charge in [-0.2, -0.15) is 0 Å². The van der Waals surface area contributed by atoms with Crippen LogP contribution in [-0.4, -0.2) is 24.8 Å². The van der Waals surface area contributed by atoms with E-state index in [4.69, 9.17) is 5.11 Å². The van der Waals surface area contributed by atoms with E-state index in [2.05, 4.69) is 19.2 Å². The van der Waals surface area contributed by atoms with Gasteiger partial charge in [0, 0.05) is 6.61 Å². The fraction of sp³-hybridized carbons (Fsp3) is 1.00. The van der Waals surface area contributed by atoms with Gasteiger partial charge in [0.1, 0.15) is 0 Å². The van der Waals surface area contributed by atoms with Gasteiger partial charge in [-0.15, -0.1) is 0 Å². The average molecular weight is 215 g/mol. The van der Waals surface area contributed by atoms with Crippen molar-refractivity contribution in [2.75, 3.05) is 19.7 Å². The highest BCUT2D eigenvalue weighted by atomic mass is 16.2. The summed E-state index contributed by atoms with van der Waals surface area (Å²) in [5.74, 6) is 0.973. The normalized spacial score (nSPS) is 17.0. The Labute approximate surface area is 95.5 Å². The third-order valence-corrected chi connectivity index (χ3v) is 2.89. The summed E-state index contributed by atoms with van der Waals surface area (Å²) in [7, 11) is 0. The predicted octanol–water partition coefficient (Wildman–Crippen LogP) is 2.96. The topological polar surface area (TPSA) is 32.3 Å². The first-order chi connectivity index (χ1) is 7.31. The minimum atomic E-state index is 0.365. The van der Waals surface area contributed by atoms with Crippen LogP contribution in [-0.2, 0) is 0 Å². The van der Waals surface area contributed by atoms with Crippen molar-refractivity contribution < 1.29 is 5.11 Å². The van der Waals surface area contributed by atoms with E-state index >= 15 is 0 Å². The van der Waals surface area contributed by atoms with E-state index in [0.29, 0.717) is 6.61 Å². The molecule has 0 amide bonds. The Hall–Kier alpha value is -0.0800. The van der Waals surface area contributed by atoms with Crippen molar-refractivity contribution in [2.45, 2.75) is 58.8 Å². The number of hydrogen-bond donors (Lipinski definition) is 2. The maximum Gasteiger partial charge on any atom is 0.0431 e. The zero-order valence-corrected chi connectivity index (χ0v) is 10.6. The van der Waals surface area contributed by atoms with E-state index in [9.17, 15) is 0 Å². The Bertz CT molecular complexity index is 105. The first kappa shape index (κ1) is 14.9. The van der Waals surface area contributed by atoms with Gasteiger partial charge in [0.25, 0.3) is 0 Å². The molecule has 0 aliphatic carbocycles. The molecule has 0 bridgehead atoms. The van der Waals surface area contributed by atoms with Gasteiger partial charge in [0.15, 0.2) is 0 Å². The Balaban J connectivity index is 0.000000262. The summed E-state index contributed by atoms with van der Waals surface area (Å²) < 4.78 is 0. The quantitative estimate of drug-likeness (QED) is 0.691. The van der Waals surface area contributed by atoms with E-state index in [1.165, 1.54) is 51.6 Å². The number of aliphatic hydroxyl groups is 1. The summed E-state index contributed by atoms with van der Waals surface area (Å²) in [6, 6.07) is 0. The second kappa shape index (κ2) is 12.0. The predicted molar refractivity (Wildman–Crippen MR) is 67.1 cm³/mol. The zero-order valence-electron chi connectivity index (χ0n) is 10.6.